The highest BCUT2D eigenvalue weighted by atomic mass is 16.8. The summed E-state index contributed by atoms with van der Waals surface area (Å²) < 4.78 is 35.0. The maximum absolute atomic E-state index is 12.3. The van der Waals surface area contributed by atoms with Crippen LogP contribution in [0.2, 0.25) is 0 Å². The van der Waals surface area contributed by atoms with Crippen molar-refractivity contribution in [3.8, 4) is 11.5 Å². The third kappa shape index (κ3) is 11.3. The normalized spacial score (nSPS) is 12.5. The smallest absolute Gasteiger partial charge is 0.461 e. The van der Waals surface area contributed by atoms with E-state index in [2.05, 4.69) is 0 Å². The zero-order valence-electron chi connectivity index (χ0n) is 21.5. The van der Waals surface area contributed by atoms with Crippen molar-refractivity contribution < 1.29 is 52.3 Å². The first kappa shape index (κ1) is 30.5. The predicted octanol–water partition coefficient (Wildman–Crippen LogP) is 3.90. The number of nitrogens with two attached hydrogens (primary N) is 1. The van der Waals surface area contributed by atoms with Gasteiger partial charge in [-0.05, 0) is 65.2 Å². The topological polar surface area (TPSA) is 159 Å². The van der Waals surface area contributed by atoms with Gasteiger partial charge in [-0.1, -0.05) is 13.0 Å². The van der Waals surface area contributed by atoms with E-state index in [0.29, 0.717) is 12.0 Å². The van der Waals surface area contributed by atoms with Crippen LogP contribution in [-0.4, -0.2) is 62.0 Å². The maximum atomic E-state index is 12.3. The molecule has 2 N–H and O–H groups in total. The van der Waals surface area contributed by atoms with Crippen molar-refractivity contribution in [2.24, 2.45) is 5.73 Å². The molecule has 36 heavy (non-hydrogen) atoms. The minimum atomic E-state index is -1.09. The Morgan fingerprint density at radius 3 is 2.03 bits per heavy atom. The number of carbonyl (C=O) groups is 4. The number of carbonyl (C=O) groups excluding carboxylic acids is 4. The van der Waals surface area contributed by atoms with E-state index in [0.717, 1.165) is 0 Å². The summed E-state index contributed by atoms with van der Waals surface area (Å²) in [5.41, 5.74) is 5.75. The highest BCUT2D eigenvalue weighted by Gasteiger charge is 2.24. The van der Waals surface area contributed by atoms with Gasteiger partial charge in [0.15, 0.2) is 11.5 Å². The van der Waals surface area contributed by atoms with Crippen LogP contribution in [0.15, 0.2) is 18.2 Å². The van der Waals surface area contributed by atoms with Gasteiger partial charge in [0.2, 0.25) is 0 Å². The first-order valence-corrected chi connectivity index (χ1v) is 11.5. The molecule has 0 saturated heterocycles. The van der Waals surface area contributed by atoms with Gasteiger partial charge in [0.1, 0.15) is 24.4 Å². The lowest BCUT2D eigenvalue weighted by molar-refractivity contribution is -0.148. The van der Waals surface area contributed by atoms with Crippen LogP contribution in [0.4, 0.5) is 14.4 Å². The minimum Gasteiger partial charge on any atom is -0.461 e. The van der Waals surface area contributed by atoms with E-state index >= 15 is 0 Å². The van der Waals surface area contributed by atoms with Gasteiger partial charge in [-0.2, -0.15) is 0 Å². The molecule has 0 aliphatic carbocycles. The fraction of sp³-hybridized carbons (Fsp3) is 0.583. The van der Waals surface area contributed by atoms with Crippen molar-refractivity contribution in [2.45, 2.75) is 72.1 Å². The van der Waals surface area contributed by atoms with E-state index in [4.69, 9.17) is 38.9 Å². The van der Waals surface area contributed by atoms with Crippen molar-refractivity contribution >= 4 is 24.4 Å². The summed E-state index contributed by atoms with van der Waals surface area (Å²) in [5, 5.41) is 0. The standard InChI is InChI=1S/C24H35NO11/c1-7-24(5,6)36-23(29)33-15(4)14-32-20(26)17(25)12-16-10-11-18(34-21(27)30-8-2)19(13-16)35-22(28)31-9-3/h10-11,13,15,17H,7-9,12,14,25H2,1-6H3/t15-,17-/m0/s1. The molecule has 1 aromatic rings. The van der Waals surface area contributed by atoms with Crippen LogP contribution < -0.4 is 15.2 Å². The molecule has 0 bridgehead atoms. The minimum absolute atomic E-state index is 0.000323. The SMILES string of the molecule is CCOC(=O)Oc1ccc(C[C@H](N)C(=O)OC[C@H](C)OC(=O)OC(C)(C)CC)cc1OC(=O)OCC. The third-order valence-electron chi connectivity index (χ3n) is 4.65. The lowest BCUT2D eigenvalue weighted by Crippen LogP contribution is -2.36. The van der Waals surface area contributed by atoms with E-state index in [9.17, 15) is 19.2 Å². The zero-order valence-corrected chi connectivity index (χ0v) is 21.5. The fourth-order valence-corrected chi connectivity index (χ4v) is 2.48. The monoisotopic (exact) mass is 513 g/mol. The first-order chi connectivity index (χ1) is 16.9. The second kappa shape index (κ2) is 14.8. The summed E-state index contributed by atoms with van der Waals surface area (Å²) >= 11 is 0. The number of hydrogen-bond donors (Lipinski definition) is 1. The molecular formula is C24H35NO11. The molecule has 0 heterocycles. The molecule has 0 saturated carbocycles. The number of esters is 1. The molecule has 202 valence electrons. The second-order valence-electron chi connectivity index (χ2n) is 8.19. The second-order valence-corrected chi connectivity index (χ2v) is 8.19. The summed E-state index contributed by atoms with van der Waals surface area (Å²) in [6.07, 6.45) is -3.03. The van der Waals surface area contributed by atoms with E-state index in [1.54, 1.807) is 34.6 Å². The molecule has 12 nitrogen and oxygen atoms in total. The molecule has 0 fully saturated rings. The number of rotatable bonds is 12. The van der Waals surface area contributed by atoms with Gasteiger partial charge in [0.25, 0.3) is 0 Å². The molecule has 0 radical (unpaired) electrons. The highest BCUT2D eigenvalue weighted by molar-refractivity contribution is 5.76. The number of benzene rings is 1. The molecular weight excluding hydrogens is 478 g/mol. The molecule has 0 unspecified atom stereocenters. The number of hydrogen-bond acceptors (Lipinski definition) is 12. The van der Waals surface area contributed by atoms with Crippen LogP contribution in [0.3, 0.4) is 0 Å². The summed E-state index contributed by atoms with van der Waals surface area (Å²) in [5.74, 6) is -0.965. The average molecular weight is 514 g/mol. The lowest BCUT2D eigenvalue weighted by atomic mass is 10.1. The molecule has 0 aromatic heterocycles. The van der Waals surface area contributed by atoms with Crippen LogP contribution in [0, 0.1) is 0 Å². The van der Waals surface area contributed by atoms with Crippen molar-refractivity contribution in [3.05, 3.63) is 23.8 Å². The van der Waals surface area contributed by atoms with E-state index in [1.807, 2.05) is 6.92 Å². The highest BCUT2D eigenvalue weighted by Crippen LogP contribution is 2.30. The molecule has 0 spiro atoms. The van der Waals surface area contributed by atoms with Gasteiger partial charge < -0.3 is 38.9 Å². The van der Waals surface area contributed by atoms with Gasteiger partial charge in [0.05, 0.1) is 13.2 Å². The van der Waals surface area contributed by atoms with Crippen LogP contribution >= 0.6 is 0 Å². The summed E-state index contributed by atoms with van der Waals surface area (Å²) in [4.78, 5) is 47.6. The Morgan fingerprint density at radius 2 is 1.47 bits per heavy atom. The van der Waals surface area contributed by atoms with Gasteiger partial charge in [0, 0.05) is 0 Å². The number of ether oxygens (including phenoxy) is 7. The van der Waals surface area contributed by atoms with Gasteiger partial charge >= 0.3 is 24.4 Å². The fourth-order valence-electron chi connectivity index (χ4n) is 2.48. The van der Waals surface area contributed by atoms with Crippen LogP contribution in [0.5, 0.6) is 11.5 Å². The van der Waals surface area contributed by atoms with Gasteiger partial charge in [-0.3, -0.25) is 4.79 Å². The Balaban J connectivity index is 2.76. The zero-order chi connectivity index (χ0) is 27.3. The van der Waals surface area contributed by atoms with Crippen molar-refractivity contribution in [1.29, 1.82) is 0 Å². The van der Waals surface area contributed by atoms with Crippen molar-refractivity contribution in [3.63, 3.8) is 0 Å². The van der Waals surface area contributed by atoms with E-state index in [-0.39, 0.29) is 37.7 Å². The Labute approximate surface area is 210 Å². The van der Waals surface area contributed by atoms with E-state index in [1.165, 1.54) is 18.2 Å². The Hall–Kier alpha value is -3.54. The Morgan fingerprint density at radius 1 is 0.889 bits per heavy atom. The summed E-state index contributed by atoms with van der Waals surface area (Å²) in [6, 6.07) is 3.17. The van der Waals surface area contributed by atoms with Crippen LogP contribution in [0.25, 0.3) is 0 Å². The third-order valence-corrected chi connectivity index (χ3v) is 4.65. The predicted molar refractivity (Wildman–Crippen MR) is 126 cm³/mol. The molecule has 12 heteroatoms. The molecule has 0 aliphatic rings. The van der Waals surface area contributed by atoms with Gasteiger partial charge in [-0.25, -0.2) is 14.4 Å². The maximum Gasteiger partial charge on any atom is 0.513 e. The largest absolute Gasteiger partial charge is 0.513 e. The molecule has 1 rings (SSSR count). The summed E-state index contributed by atoms with van der Waals surface area (Å²) in [6.45, 7) is 10.0. The summed E-state index contributed by atoms with van der Waals surface area (Å²) in [7, 11) is 0. The molecule has 0 aliphatic heterocycles. The molecule has 2 atom stereocenters. The molecule has 1 aromatic carbocycles. The Kier molecular flexibility index (Phi) is 12.5. The Bertz CT molecular complexity index is 900. The van der Waals surface area contributed by atoms with Crippen molar-refractivity contribution in [2.75, 3.05) is 19.8 Å². The van der Waals surface area contributed by atoms with E-state index < -0.39 is 42.2 Å². The quantitative estimate of drug-likeness (QED) is 0.244. The lowest BCUT2D eigenvalue weighted by Gasteiger charge is -2.24. The van der Waals surface area contributed by atoms with Crippen LogP contribution in [0.1, 0.15) is 53.5 Å². The average Bonchev–Trinajstić information content (AvgIpc) is 2.79. The molecule has 0 amide bonds. The van der Waals surface area contributed by atoms with Crippen LogP contribution in [-0.2, 0) is 34.9 Å². The van der Waals surface area contributed by atoms with Gasteiger partial charge in [-0.15, -0.1) is 0 Å². The van der Waals surface area contributed by atoms with Crippen molar-refractivity contribution in [1.82, 2.24) is 0 Å². The first-order valence-electron chi connectivity index (χ1n) is 11.5.